The second-order valence-corrected chi connectivity index (χ2v) is 6.59. The number of hydrogen-bond donors (Lipinski definition) is 1. The Morgan fingerprint density at radius 3 is 2.62 bits per heavy atom. The van der Waals surface area contributed by atoms with Crippen LogP contribution in [0, 0.1) is 11.7 Å². The molecule has 1 heterocycles. The van der Waals surface area contributed by atoms with Gasteiger partial charge in [0.05, 0.1) is 12.0 Å². The van der Waals surface area contributed by atoms with Gasteiger partial charge in [0.2, 0.25) is 11.8 Å². The molecule has 24 heavy (non-hydrogen) atoms. The second-order valence-electron chi connectivity index (χ2n) is 6.59. The molecule has 5 nitrogen and oxygen atoms in total. The zero-order chi connectivity index (χ0) is 17.7. The van der Waals surface area contributed by atoms with Gasteiger partial charge < -0.3 is 15.1 Å². The topological polar surface area (TPSA) is 52.7 Å². The molecule has 6 heteroatoms. The van der Waals surface area contributed by atoms with Gasteiger partial charge in [0.15, 0.2) is 0 Å². The third-order valence-electron chi connectivity index (χ3n) is 4.49. The summed E-state index contributed by atoms with van der Waals surface area (Å²) in [5.41, 5.74) is 0.792. The Kier molecular flexibility index (Phi) is 6.31. The van der Waals surface area contributed by atoms with Gasteiger partial charge in [0.1, 0.15) is 5.82 Å². The van der Waals surface area contributed by atoms with Crippen molar-refractivity contribution in [2.24, 2.45) is 5.92 Å². The van der Waals surface area contributed by atoms with Crippen molar-refractivity contribution in [1.29, 1.82) is 0 Å². The first kappa shape index (κ1) is 18.4. The molecule has 0 bridgehead atoms. The van der Waals surface area contributed by atoms with Crippen LogP contribution < -0.4 is 5.32 Å². The van der Waals surface area contributed by atoms with Crippen molar-refractivity contribution in [3.8, 4) is 0 Å². The first-order chi connectivity index (χ1) is 11.4. The Morgan fingerprint density at radius 1 is 1.33 bits per heavy atom. The minimum Gasteiger partial charge on any atom is -0.356 e. The number of benzene rings is 1. The van der Waals surface area contributed by atoms with Gasteiger partial charge in [0.25, 0.3) is 0 Å². The first-order valence-corrected chi connectivity index (χ1v) is 8.33. The van der Waals surface area contributed by atoms with E-state index in [1.807, 2.05) is 14.1 Å². The number of hydrogen-bond acceptors (Lipinski definition) is 3. The lowest BCUT2D eigenvalue weighted by Crippen LogP contribution is -2.46. The third-order valence-corrected chi connectivity index (χ3v) is 4.49. The van der Waals surface area contributed by atoms with Crippen LogP contribution in [0.15, 0.2) is 24.3 Å². The van der Waals surface area contributed by atoms with Gasteiger partial charge in [-0.25, -0.2) is 4.39 Å². The summed E-state index contributed by atoms with van der Waals surface area (Å²) in [5.74, 6) is -0.658. The van der Waals surface area contributed by atoms with Crippen LogP contribution in [0.5, 0.6) is 0 Å². The minimum absolute atomic E-state index is 0.0148. The molecule has 0 saturated carbocycles. The summed E-state index contributed by atoms with van der Waals surface area (Å²) in [4.78, 5) is 28.4. The largest absolute Gasteiger partial charge is 0.356 e. The highest BCUT2D eigenvalue weighted by Gasteiger charge is 2.38. The van der Waals surface area contributed by atoms with Crippen molar-refractivity contribution in [3.63, 3.8) is 0 Å². The molecule has 1 aromatic carbocycles. The second kappa shape index (κ2) is 8.24. The number of likely N-dealkylation sites (tertiary alicyclic amines) is 1. The number of piperidine rings is 1. The smallest absolute Gasteiger partial charge is 0.225 e. The Hall–Kier alpha value is -1.95. The quantitative estimate of drug-likeness (QED) is 0.807. The van der Waals surface area contributed by atoms with Gasteiger partial charge in [-0.1, -0.05) is 12.1 Å². The maximum absolute atomic E-state index is 13.2. The molecule has 0 aromatic heterocycles. The first-order valence-electron chi connectivity index (χ1n) is 8.33. The highest BCUT2D eigenvalue weighted by atomic mass is 19.1. The van der Waals surface area contributed by atoms with E-state index in [9.17, 15) is 14.0 Å². The molecule has 0 unspecified atom stereocenters. The Balaban J connectivity index is 2.08. The number of amides is 2. The normalized spacial score (nSPS) is 21.2. The molecular formula is C18H26FN3O2. The standard InChI is InChI=1S/C18H26FN3O2/c1-21(2)12-4-11-20-18(24)15-9-10-16(23)22(3)17(15)13-5-7-14(19)8-6-13/h5-8,15,17H,4,9-12H2,1-3H3,(H,20,24)/t15-,17+/m0/s1. The molecule has 132 valence electrons. The SMILES string of the molecule is CN(C)CCCNC(=O)[C@H]1CCC(=O)N(C)[C@@H]1c1ccc(F)cc1. The number of halogens is 1. The van der Waals surface area contributed by atoms with E-state index >= 15 is 0 Å². The van der Waals surface area contributed by atoms with Crippen molar-refractivity contribution in [2.75, 3.05) is 34.2 Å². The molecule has 0 radical (unpaired) electrons. The van der Waals surface area contributed by atoms with Crippen molar-refractivity contribution >= 4 is 11.8 Å². The monoisotopic (exact) mass is 335 g/mol. The summed E-state index contributed by atoms with van der Waals surface area (Å²) in [6.45, 7) is 1.52. The lowest BCUT2D eigenvalue weighted by molar-refractivity contribution is -0.141. The third kappa shape index (κ3) is 4.54. The maximum atomic E-state index is 13.2. The number of rotatable bonds is 6. The summed E-state index contributed by atoms with van der Waals surface area (Å²) in [7, 11) is 5.70. The van der Waals surface area contributed by atoms with Gasteiger partial charge in [-0.05, 0) is 51.2 Å². The number of carbonyl (C=O) groups excluding carboxylic acids is 2. The fourth-order valence-electron chi connectivity index (χ4n) is 3.17. The van der Waals surface area contributed by atoms with Crippen LogP contribution >= 0.6 is 0 Å². The van der Waals surface area contributed by atoms with Crippen LogP contribution in [0.3, 0.4) is 0 Å². The molecule has 2 amide bonds. The molecule has 0 spiro atoms. The summed E-state index contributed by atoms with van der Waals surface area (Å²) in [6, 6.07) is 5.70. The minimum atomic E-state index is -0.347. The summed E-state index contributed by atoms with van der Waals surface area (Å²) in [5, 5.41) is 2.98. The van der Waals surface area contributed by atoms with Crippen LogP contribution in [0.4, 0.5) is 4.39 Å². The summed E-state index contributed by atoms with van der Waals surface area (Å²) < 4.78 is 13.2. The summed E-state index contributed by atoms with van der Waals surface area (Å²) >= 11 is 0. The molecule has 1 aliphatic rings. The molecule has 1 aliphatic heterocycles. The van der Waals surface area contributed by atoms with Crippen LogP contribution in [0.1, 0.15) is 30.9 Å². The Labute approximate surface area is 142 Å². The van der Waals surface area contributed by atoms with E-state index in [1.54, 1.807) is 24.1 Å². The molecular weight excluding hydrogens is 309 g/mol. The van der Waals surface area contributed by atoms with E-state index in [-0.39, 0.29) is 29.6 Å². The van der Waals surface area contributed by atoms with Crippen LogP contribution in [-0.4, -0.2) is 55.8 Å². The van der Waals surface area contributed by atoms with Gasteiger partial charge >= 0.3 is 0 Å². The molecule has 2 rings (SSSR count). The maximum Gasteiger partial charge on any atom is 0.225 e. The Morgan fingerprint density at radius 2 is 2.00 bits per heavy atom. The lowest BCUT2D eigenvalue weighted by Gasteiger charge is -2.38. The predicted octanol–water partition coefficient (Wildman–Crippen LogP) is 1.80. The van der Waals surface area contributed by atoms with Crippen LogP contribution in [0.25, 0.3) is 0 Å². The van der Waals surface area contributed by atoms with Crippen molar-refractivity contribution in [1.82, 2.24) is 15.1 Å². The fourth-order valence-corrected chi connectivity index (χ4v) is 3.17. The van der Waals surface area contributed by atoms with Gasteiger partial charge in [-0.3, -0.25) is 9.59 Å². The fraction of sp³-hybridized carbons (Fsp3) is 0.556. The number of nitrogens with one attached hydrogen (secondary N) is 1. The van der Waals surface area contributed by atoms with Gasteiger partial charge in [-0.15, -0.1) is 0 Å². The van der Waals surface area contributed by atoms with Crippen LogP contribution in [-0.2, 0) is 9.59 Å². The zero-order valence-corrected chi connectivity index (χ0v) is 14.6. The summed E-state index contributed by atoms with van der Waals surface area (Å²) in [6.07, 6.45) is 1.76. The molecule has 1 N–H and O–H groups in total. The predicted molar refractivity (Wildman–Crippen MR) is 90.8 cm³/mol. The molecule has 0 aliphatic carbocycles. The Bertz CT molecular complexity index is 574. The van der Waals surface area contributed by atoms with Gasteiger partial charge in [-0.2, -0.15) is 0 Å². The highest BCUT2D eigenvalue weighted by molar-refractivity contribution is 5.84. The van der Waals surface area contributed by atoms with Crippen molar-refractivity contribution in [3.05, 3.63) is 35.6 Å². The lowest BCUT2D eigenvalue weighted by atomic mass is 9.84. The van der Waals surface area contributed by atoms with Gasteiger partial charge in [0, 0.05) is 20.0 Å². The molecule has 1 fully saturated rings. The zero-order valence-electron chi connectivity index (χ0n) is 14.6. The van der Waals surface area contributed by atoms with E-state index in [1.165, 1.54) is 12.1 Å². The average molecular weight is 335 g/mol. The van der Waals surface area contributed by atoms with E-state index in [0.717, 1.165) is 18.5 Å². The highest BCUT2D eigenvalue weighted by Crippen LogP contribution is 2.35. The number of carbonyl (C=O) groups is 2. The van der Waals surface area contributed by atoms with E-state index in [4.69, 9.17) is 0 Å². The molecule has 1 aromatic rings. The van der Waals surface area contributed by atoms with Crippen molar-refractivity contribution < 1.29 is 14.0 Å². The molecule has 1 saturated heterocycles. The van der Waals surface area contributed by atoms with E-state index in [0.29, 0.717) is 19.4 Å². The van der Waals surface area contributed by atoms with E-state index in [2.05, 4.69) is 10.2 Å². The number of nitrogens with zero attached hydrogens (tertiary/aromatic N) is 2. The van der Waals surface area contributed by atoms with Crippen LogP contribution in [0.2, 0.25) is 0 Å². The van der Waals surface area contributed by atoms with E-state index < -0.39 is 0 Å². The average Bonchev–Trinajstić information content (AvgIpc) is 2.54. The van der Waals surface area contributed by atoms with Crippen molar-refractivity contribution in [2.45, 2.75) is 25.3 Å². The molecule has 2 atom stereocenters.